The third kappa shape index (κ3) is 3.07. The van der Waals surface area contributed by atoms with Gasteiger partial charge in [0, 0.05) is 11.9 Å². The van der Waals surface area contributed by atoms with Gasteiger partial charge in [-0.3, -0.25) is 0 Å². The minimum atomic E-state index is -1.43. The topological polar surface area (TPSA) is 52.5 Å². The fourth-order valence-electron chi connectivity index (χ4n) is 1.73. The summed E-state index contributed by atoms with van der Waals surface area (Å²) in [6.45, 7) is 0. The number of anilines is 1. The van der Waals surface area contributed by atoms with Crippen LogP contribution in [-0.2, 0) is 0 Å². The summed E-state index contributed by atoms with van der Waals surface area (Å²) in [5, 5.41) is 18.3. The molecule has 2 aromatic carbocycles. The maximum Gasteiger partial charge on any atom is 0.488 e. The van der Waals surface area contributed by atoms with Crippen LogP contribution in [0, 0.1) is 0 Å². The Balaban J connectivity index is 2.28. The summed E-state index contributed by atoms with van der Waals surface area (Å²) < 4.78 is 3.15. The van der Waals surface area contributed by atoms with E-state index in [1.54, 1.807) is 24.1 Å². The van der Waals surface area contributed by atoms with Crippen LogP contribution in [0.2, 0.25) is 0 Å². The molecule has 2 aromatic rings. The first kappa shape index (κ1) is 13.0. The number of nitrogens with one attached hydrogen (secondary N) is 1. The molecule has 3 N–H and O–H groups in total. The lowest BCUT2D eigenvalue weighted by Crippen LogP contribution is -2.29. The summed E-state index contributed by atoms with van der Waals surface area (Å²) in [6, 6.07) is 15.2. The highest BCUT2D eigenvalue weighted by molar-refractivity contribution is 7.99. The van der Waals surface area contributed by atoms with E-state index < -0.39 is 7.12 Å². The van der Waals surface area contributed by atoms with Crippen LogP contribution >= 0.6 is 11.9 Å². The molecule has 0 unspecified atom stereocenters. The van der Waals surface area contributed by atoms with Crippen molar-refractivity contribution in [2.24, 2.45) is 0 Å². The molecule has 0 saturated carbocycles. The van der Waals surface area contributed by atoms with Crippen LogP contribution < -0.4 is 10.2 Å². The highest BCUT2D eigenvalue weighted by atomic mass is 32.2. The van der Waals surface area contributed by atoms with Crippen molar-refractivity contribution in [3.8, 4) is 11.1 Å². The Labute approximate surface area is 111 Å². The zero-order valence-corrected chi connectivity index (χ0v) is 10.8. The predicted octanol–water partition coefficient (Wildman–Crippen LogP) is 1.72. The quantitative estimate of drug-likeness (QED) is 0.578. The van der Waals surface area contributed by atoms with Crippen LogP contribution in [0.3, 0.4) is 0 Å². The molecule has 0 aliphatic rings. The summed E-state index contributed by atoms with van der Waals surface area (Å²) in [4.78, 5) is 0. The van der Waals surface area contributed by atoms with Crippen LogP contribution in [0.25, 0.3) is 11.1 Å². The lowest BCUT2D eigenvalue weighted by molar-refractivity contribution is 0.426. The Hall–Kier alpha value is -1.43. The first-order valence-electron chi connectivity index (χ1n) is 5.56. The Morgan fingerprint density at radius 2 is 1.72 bits per heavy atom. The van der Waals surface area contributed by atoms with Gasteiger partial charge in [-0.1, -0.05) is 48.3 Å². The molecule has 0 aliphatic carbocycles. The molecule has 0 atom stereocenters. The Kier molecular flexibility index (Phi) is 4.31. The normalized spacial score (nSPS) is 10.2. The van der Waals surface area contributed by atoms with E-state index in [9.17, 15) is 0 Å². The molecule has 0 spiro atoms. The molecule has 0 radical (unpaired) electrons. The number of hydrogen-bond donors (Lipinski definition) is 3. The van der Waals surface area contributed by atoms with Gasteiger partial charge in [-0.2, -0.15) is 0 Å². The highest BCUT2D eigenvalue weighted by Gasteiger charge is 2.11. The molecule has 0 amide bonds. The van der Waals surface area contributed by atoms with Gasteiger partial charge in [0.05, 0.1) is 0 Å². The minimum absolute atomic E-state index is 0.499. The van der Waals surface area contributed by atoms with Gasteiger partial charge in [0.15, 0.2) is 0 Å². The molecular weight excluding hydrogens is 245 g/mol. The van der Waals surface area contributed by atoms with Crippen molar-refractivity contribution in [2.75, 3.05) is 11.0 Å². The fraction of sp³-hybridized carbons (Fsp3) is 0.0769. The van der Waals surface area contributed by atoms with Crippen LogP contribution in [0.5, 0.6) is 0 Å². The van der Waals surface area contributed by atoms with E-state index in [0.717, 1.165) is 16.8 Å². The SMILES string of the molecule is CSNc1ccc(-c2cccc(B(O)O)c2)cc1. The summed E-state index contributed by atoms with van der Waals surface area (Å²) >= 11 is 1.55. The van der Waals surface area contributed by atoms with Gasteiger partial charge in [-0.15, -0.1) is 0 Å². The van der Waals surface area contributed by atoms with Crippen molar-refractivity contribution in [2.45, 2.75) is 0 Å². The van der Waals surface area contributed by atoms with E-state index in [2.05, 4.69) is 4.72 Å². The Bertz CT molecular complexity index is 517. The van der Waals surface area contributed by atoms with E-state index in [0.29, 0.717) is 5.46 Å². The maximum atomic E-state index is 9.15. The van der Waals surface area contributed by atoms with Gasteiger partial charge < -0.3 is 14.8 Å². The molecular formula is C13H14BNO2S. The van der Waals surface area contributed by atoms with Gasteiger partial charge in [-0.25, -0.2) is 0 Å². The Morgan fingerprint density at radius 1 is 1.00 bits per heavy atom. The summed E-state index contributed by atoms with van der Waals surface area (Å²) in [6.07, 6.45) is 1.97. The number of hydrogen-bond acceptors (Lipinski definition) is 4. The van der Waals surface area contributed by atoms with Crippen molar-refractivity contribution in [1.82, 2.24) is 0 Å². The lowest BCUT2D eigenvalue weighted by atomic mass is 9.79. The third-order valence-electron chi connectivity index (χ3n) is 2.62. The van der Waals surface area contributed by atoms with Crippen LogP contribution in [0.4, 0.5) is 5.69 Å². The fourth-order valence-corrected chi connectivity index (χ4v) is 2.10. The van der Waals surface area contributed by atoms with Gasteiger partial charge in [-0.05, 0) is 28.7 Å². The average molecular weight is 259 g/mol. The van der Waals surface area contributed by atoms with Gasteiger partial charge in [0.2, 0.25) is 0 Å². The van der Waals surface area contributed by atoms with Crippen molar-refractivity contribution < 1.29 is 10.0 Å². The van der Waals surface area contributed by atoms with E-state index in [4.69, 9.17) is 10.0 Å². The smallest absolute Gasteiger partial charge is 0.423 e. The summed E-state index contributed by atoms with van der Waals surface area (Å²) in [5.41, 5.74) is 3.56. The number of rotatable bonds is 4. The van der Waals surface area contributed by atoms with Crippen molar-refractivity contribution >= 4 is 30.2 Å². The molecule has 0 fully saturated rings. The molecule has 92 valence electrons. The van der Waals surface area contributed by atoms with E-state index in [-0.39, 0.29) is 0 Å². The molecule has 2 rings (SSSR count). The molecule has 0 bridgehead atoms. The molecule has 3 nitrogen and oxygen atoms in total. The molecule has 18 heavy (non-hydrogen) atoms. The zero-order valence-electron chi connectivity index (χ0n) is 10.00. The van der Waals surface area contributed by atoms with E-state index in [1.165, 1.54) is 0 Å². The van der Waals surface area contributed by atoms with Gasteiger partial charge >= 0.3 is 7.12 Å². The van der Waals surface area contributed by atoms with Crippen molar-refractivity contribution in [3.63, 3.8) is 0 Å². The van der Waals surface area contributed by atoms with Crippen LogP contribution in [0.1, 0.15) is 0 Å². The second-order valence-electron chi connectivity index (χ2n) is 3.88. The molecule has 0 saturated heterocycles. The van der Waals surface area contributed by atoms with Gasteiger partial charge in [0.1, 0.15) is 0 Å². The van der Waals surface area contributed by atoms with E-state index in [1.807, 2.05) is 42.7 Å². The largest absolute Gasteiger partial charge is 0.488 e. The monoisotopic (exact) mass is 259 g/mol. The molecule has 0 heterocycles. The average Bonchev–Trinajstić information content (AvgIpc) is 2.40. The van der Waals surface area contributed by atoms with Crippen molar-refractivity contribution in [3.05, 3.63) is 48.5 Å². The second-order valence-corrected chi connectivity index (χ2v) is 4.50. The first-order valence-corrected chi connectivity index (χ1v) is 6.78. The minimum Gasteiger partial charge on any atom is -0.423 e. The van der Waals surface area contributed by atoms with Crippen LogP contribution in [0.15, 0.2) is 48.5 Å². The molecule has 0 aromatic heterocycles. The Morgan fingerprint density at radius 3 is 2.33 bits per heavy atom. The lowest BCUT2D eigenvalue weighted by Gasteiger charge is -2.07. The number of benzene rings is 2. The standard InChI is InChI=1S/C13H14BNO2S/c1-18-15-13-7-5-10(6-8-13)11-3-2-4-12(9-11)14(16)17/h2-9,15-17H,1H3. The predicted molar refractivity (Wildman–Crippen MR) is 78.8 cm³/mol. The highest BCUT2D eigenvalue weighted by Crippen LogP contribution is 2.21. The first-order chi connectivity index (χ1) is 8.70. The maximum absolute atomic E-state index is 9.15. The summed E-state index contributed by atoms with van der Waals surface area (Å²) in [7, 11) is -1.43. The second kappa shape index (κ2) is 5.95. The van der Waals surface area contributed by atoms with Gasteiger partial charge in [0.25, 0.3) is 0 Å². The van der Waals surface area contributed by atoms with Crippen molar-refractivity contribution in [1.29, 1.82) is 0 Å². The van der Waals surface area contributed by atoms with E-state index >= 15 is 0 Å². The molecule has 5 heteroatoms. The summed E-state index contributed by atoms with van der Waals surface area (Å²) in [5.74, 6) is 0. The third-order valence-corrected chi connectivity index (χ3v) is 3.06. The molecule has 0 aliphatic heterocycles. The van der Waals surface area contributed by atoms with Crippen LogP contribution in [-0.4, -0.2) is 23.4 Å². The zero-order chi connectivity index (χ0) is 13.0.